The van der Waals surface area contributed by atoms with Gasteiger partial charge in [0.1, 0.15) is 11.8 Å². The third kappa shape index (κ3) is 3.37. The Morgan fingerprint density at radius 2 is 1.93 bits per heavy atom. The smallest absolute Gasteiger partial charge is 0.252 e. The zero-order valence-corrected chi connectivity index (χ0v) is 14.5. The topological polar surface area (TPSA) is 98.1 Å². The molecule has 0 saturated carbocycles. The molecule has 1 atom stereocenters. The first-order valence-electron chi connectivity index (χ1n) is 8.41. The van der Waals surface area contributed by atoms with Gasteiger partial charge in [-0.2, -0.15) is 4.98 Å². The average molecular weight is 363 g/mol. The van der Waals surface area contributed by atoms with Crippen LogP contribution in [0.3, 0.4) is 0 Å². The molecule has 8 nitrogen and oxygen atoms in total. The number of amides is 2. The summed E-state index contributed by atoms with van der Waals surface area (Å²) in [5, 5.41) is 9.86. The maximum Gasteiger partial charge on any atom is 0.252 e. The molecule has 0 spiro atoms. The van der Waals surface area contributed by atoms with E-state index >= 15 is 0 Å². The molecule has 2 amide bonds. The molecular formula is C19H17N5O3. The second-order valence-electron chi connectivity index (χ2n) is 6.06. The lowest BCUT2D eigenvalue weighted by Gasteiger charge is -2.09. The van der Waals surface area contributed by atoms with Crippen LogP contribution in [-0.2, 0) is 9.59 Å². The molecule has 0 bridgehead atoms. The fraction of sp³-hybridized carbons (Fsp3) is 0.158. The van der Waals surface area contributed by atoms with E-state index in [-0.39, 0.29) is 18.2 Å². The predicted molar refractivity (Wildman–Crippen MR) is 99.4 cm³/mol. The van der Waals surface area contributed by atoms with Gasteiger partial charge in [-0.1, -0.05) is 18.2 Å². The van der Waals surface area contributed by atoms with Gasteiger partial charge in [0.2, 0.25) is 11.9 Å². The normalized spacial score (nSPS) is 15.1. The molecule has 1 unspecified atom stereocenters. The first kappa shape index (κ1) is 16.8. The fourth-order valence-electron chi connectivity index (χ4n) is 2.88. The highest BCUT2D eigenvalue weighted by Gasteiger charge is 2.35. The summed E-state index contributed by atoms with van der Waals surface area (Å²) < 4.78 is 6.61. The zero-order chi connectivity index (χ0) is 18.8. The van der Waals surface area contributed by atoms with Crippen LogP contribution < -0.4 is 15.4 Å². The van der Waals surface area contributed by atoms with Crippen molar-refractivity contribution in [3.05, 3.63) is 54.6 Å². The van der Waals surface area contributed by atoms with Crippen molar-refractivity contribution in [2.75, 3.05) is 17.7 Å². The quantitative estimate of drug-likeness (QED) is 0.726. The van der Waals surface area contributed by atoms with Crippen molar-refractivity contribution in [1.82, 2.24) is 14.8 Å². The molecule has 8 heteroatoms. The molecule has 1 aliphatic heterocycles. The Morgan fingerprint density at radius 1 is 1.19 bits per heavy atom. The molecule has 0 radical (unpaired) electrons. The van der Waals surface area contributed by atoms with Crippen LogP contribution in [0.2, 0.25) is 0 Å². The molecule has 2 heterocycles. The van der Waals surface area contributed by atoms with Crippen molar-refractivity contribution < 1.29 is 14.3 Å². The number of rotatable bonds is 5. The maximum atomic E-state index is 12.3. The first-order valence-corrected chi connectivity index (χ1v) is 8.41. The number of methoxy groups -OCH3 is 1. The van der Waals surface area contributed by atoms with Gasteiger partial charge in [-0.25, -0.2) is 4.68 Å². The van der Waals surface area contributed by atoms with E-state index in [2.05, 4.69) is 20.7 Å². The maximum absolute atomic E-state index is 12.3. The van der Waals surface area contributed by atoms with Gasteiger partial charge in [-0.3, -0.25) is 14.9 Å². The van der Waals surface area contributed by atoms with Gasteiger partial charge in [0.25, 0.3) is 5.91 Å². The lowest BCUT2D eigenvalue weighted by molar-refractivity contribution is -0.123. The van der Waals surface area contributed by atoms with E-state index in [0.717, 1.165) is 11.3 Å². The highest BCUT2D eigenvalue weighted by atomic mass is 16.5. The lowest BCUT2D eigenvalue weighted by Crippen LogP contribution is -2.23. The van der Waals surface area contributed by atoms with Crippen LogP contribution in [0.25, 0.3) is 11.4 Å². The number of aromatic nitrogens is 3. The minimum atomic E-state index is -0.733. The van der Waals surface area contributed by atoms with Gasteiger partial charge in [0.05, 0.1) is 13.5 Å². The minimum absolute atomic E-state index is 0.0286. The second kappa shape index (κ2) is 6.91. The molecule has 136 valence electrons. The summed E-state index contributed by atoms with van der Waals surface area (Å²) in [6.07, 6.45) is -0.0286. The Bertz CT molecular complexity index is 982. The highest BCUT2D eigenvalue weighted by Crippen LogP contribution is 2.29. The number of anilines is 2. The van der Waals surface area contributed by atoms with Gasteiger partial charge in [0.15, 0.2) is 5.82 Å². The number of hydrogen-bond acceptors (Lipinski definition) is 5. The van der Waals surface area contributed by atoms with Crippen LogP contribution in [0, 0.1) is 0 Å². The Morgan fingerprint density at radius 3 is 2.63 bits per heavy atom. The number of ether oxygens (including phenoxy) is 1. The molecule has 27 heavy (non-hydrogen) atoms. The highest BCUT2D eigenvalue weighted by molar-refractivity contribution is 6.01. The van der Waals surface area contributed by atoms with E-state index < -0.39 is 6.04 Å². The Balaban J connectivity index is 1.52. The molecular weight excluding hydrogens is 346 g/mol. The average Bonchev–Trinajstić information content (AvgIpc) is 3.21. The van der Waals surface area contributed by atoms with E-state index in [4.69, 9.17) is 4.74 Å². The summed E-state index contributed by atoms with van der Waals surface area (Å²) >= 11 is 0. The largest absolute Gasteiger partial charge is 0.497 e. The Labute approximate surface area is 155 Å². The Hall–Kier alpha value is -3.68. The first-order chi connectivity index (χ1) is 13.1. The molecule has 4 rings (SSSR count). The van der Waals surface area contributed by atoms with Gasteiger partial charge in [0, 0.05) is 11.3 Å². The summed E-state index contributed by atoms with van der Waals surface area (Å²) in [7, 11) is 1.60. The molecule has 0 aliphatic carbocycles. The molecule has 0 saturated heterocycles. The minimum Gasteiger partial charge on any atom is -0.497 e. The summed E-state index contributed by atoms with van der Waals surface area (Å²) in [5.74, 6) is 0.976. The second-order valence-corrected chi connectivity index (χ2v) is 6.06. The van der Waals surface area contributed by atoms with E-state index in [9.17, 15) is 9.59 Å². The van der Waals surface area contributed by atoms with Crippen LogP contribution >= 0.6 is 0 Å². The molecule has 2 N–H and O–H groups in total. The van der Waals surface area contributed by atoms with Gasteiger partial charge in [-0.05, 0) is 36.4 Å². The van der Waals surface area contributed by atoms with Crippen LogP contribution in [0.15, 0.2) is 54.6 Å². The predicted octanol–water partition coefficient (Wildman–Crippen LogP) is 2.48. The number of nitrogens with zero attached hydrogens (tertiary/aromatic N) is 3. The summed E-state index contributed by atoms with van der Waals surface area (Å²) in [5.41, 5.74) is 1.47. The number of fused-ring (bicyclic) bond motifs is 1. The number of nitrogens with one attached hydrogen (secondary N) is 2. The van der Waals surface area contributed by atoms with Crippen LogP contribution in [0.4, 0.5) is 11.6 Å². The molecule has 3 aromatic rings. The standard InChI is InChI=1S/C19H17N5O3/c1-27-14-9-7-12(8-10-14)17-21-19-22-18(26)15(24(19)23-17)11-16(25)20-13-5-3-2-4-6-13/h2-10,15H,11H2,1H3,(H,20,25)(H,21,22,23,26). The SMILES string of the molecule is COc1ccc(-c2nc3n(n2)C(CC(=O)Nc2ccccc2)C(=O)N3)cc1. The Kier molecular flexibility index (Phi) is 4.29. The summed E-state index contributed by atoms with van der Waals surface area (Å²) in [4.78, 5) is 28.9. The number of carbonyl (C=O) groups is 2. The van der Waals surface area contributed by atoms with Crippen molar-refractivity contribution in [3.8, 4) is 17.1 Å². The lowest BCUT2D eigenvalue weighted by atomic mass is 10.2. The third-order valence-corrected chi connectivity index (χ3v) is 4.25. The number of carbonyl (C=O) groups excluding carboxylic acids is 2. The summed E-state index contributed by atoms with van der Waals surface area (Å²) in [6, 6.07) is 15.7. The van der Waals surface area contributed by atoms with Gasteiger partial charge < -0.3 is 10.1 Å². The number of hydrogen-bond donors (Lipinski definition) is 2. The molecule has 0 fully saturated rings. The van der Waals surface area contributed by atoms with Crippen molar-refractivity contribution >= 4 is 23.5 Å². The summed E-state index contributed by atoms with van der Waals surface area (Å²) in [6.45, 7) is 0. The van der Waals surface area contributed by atoms with E-state index in [1.54, 1.807) is 19.2 Å². The monoisotopic (exact) mass is 363 g/mol. The fourth-order valence-corrected chi connectivity index (χ4v) is 2.88. The number of benzene rings is 2. The van der Waals surface area contributed by atoms with E-state index in [0.29, 0.717) is 17.5 Å². The van der Waals surface area contributed by atoms with Crippen molar-refractivity contribution in [3.63, 3.8) is 0 Å². The molecule has 1 aliphatic rings. The molecule has 2 aromatic carbocycles. The van der Waals surface area contributed by atoms with Crippen LogP contribution in [-0.4, -0.2) is 33.7 Å². The van der Waals surface area contributed by atoms with E-state index in [1.165, 1.54) is 4.68 Å². The van der Waals surface area contributed by atoms with Crippen molar-refractivity contribution in [2.45, 2.75) is 12.5 Å². The van der Waals surface area contributed by atoms with Crippen molar-refractivity contribution in [1.29, 1.82) is 0 Å². The van der Waals surface area contributed by atoms with Gasteiger partial charge in [-0.15, -0.1) is 5.10 Å². The third-order valence-electron chi connectivity index (χ3n) is 4.25. The van der Waals surface area contributed by atoms with Crippen molar-refractivity contribution in [2.24, 2.45) is 0 Å². The van der Waals surface area contributed by atoms with E-state index in [1.807, 2.05) is 42.5 Å². The van der Waals surface area contributed by atoms with Gasteiger partial charge >= 0.3 is 0 Å². The van der Waals surface area contributed by atoms with Crippen LogP contribution in [0.5, 0.6) is 5.75 Å². The van der Waals surface area contributed by atoms with Crippen LogP contribution in [0.1, 0.15) is 12.5 Å². The zero-order valence-electron chi connectivity index (χ0n) is 14.5. The molecule has 1 aromatic heterocycles. The number of para-hydroxylation sites is 1.